The van der Waals surface area contributed by atoms with Crippen LogP contribution >= 0.6 is 0 Å². The Morgan fingerprint density at radius 2 is 2.04 bits per heavy atom. The van der Waals surface area contributed by atoms with Crippen LogP contribution in [0, 0.1) is 5.41 Å². The van der Waals surface area contributed by atoms with Gasteiger partial charge in [-0.05, 0) is 54.2 Å². The van der Waals surface area contributed by atoms with Crippen LogP contribution in [0.1, 0.15) is 76.8 Å². The number of benzene rings is 1. The first-order valence-electron chi connectivity index (χ1n) is 10.6. The van der Waals surface area contributed by atoms with E-state index in [9.17, 15) is 4.79 Å². The van der Waals surface area contributed by atoms with Crippen LogP contribution in [0.5, 0.6) is 11.5 Å². The highest BCUT2D eigenvalue weighted by Crippen LogP contribution is 2.43. The van der Waals surface area contributed by atoms with Gasteiger partial charge in [-0.1, -0.05) is 46.6 Å². The fraction of sp³-hybridized carbons (Fsp3) is 0.696. The van der Waals surface area contributed by atoms with E-state index in [4.69, 9.17) is 9.47 Å². The fourth-order valence-corrected chi connectivity index (χ4v) is 4.97. The molecule has 2 aliphatic rings. The van der Waals surface area contributed by atoms with Crippen molar-refractivity contribution in [3.05, 3.63) is 23.3 Å². The maximum atomic E-state index is 11.3. The van der Waals surface area contributed by atoms with Gasteiger partial charge in [0.2, 0.25) is 6.79 Å². The standard InChI is InChI=1S/C23H35NO3/c1-5-7-17-11-18(13-21-22(17)27-16-26-21)19-12-20(24(15-19)9-10-25)14-23(3,4)8-6-2/h10-11,13,19-20H,5-9,12,14-16H2,1-4H3/t19?,20-/m1/s1. The molecule has 1 fully saturated rings. The molecule has 2 atom stereocenters. The minimum Gasteiger partial charge on any atom is -0.454 e. The van der Waals surface area contributed by atoms with Gasteiger partial charge in [0.05, 0.1) is 6.54 Å². The zero-order chi connectivity index (χ0) is 19.4. The molecule has 3 rings (SSSR count). The van der Waals surface area contributed by atoms with E-state index < -0.39 is 0 Å². The van der Waals surface area contributed by atoms with E-state index in [1.165, 1.54) is 24.0 Å². The molecule has 0 bridgehead atoms. The average Bonchev–Trinajstić information content (AvgIpc) is 3.22. The third-order valence-corrected chi connectivity index (χ3v) is 6.11. The Morgan fingerprint density at radius 1 is 1.22 bits per heavy atom. The normalized spacial score (nSPS) is 22.4. The molecule has 1 unspecified atom stereocenters. The Labute approximate surface area is 164 Å². The van der Waals surface area contributed by atoms with Crippen molar-refractivity contribution in [1.82, 2.24) is 4.90 Å². The number of fused-ring (bicyclic) bond motifs is 1. The number of ether oxygens (including phenoxy) is 2. The molecule has 2 heterocycles. The van der Waals surface area contributed by atoms with E-state index in [2.05, 4.69) is 44.7 Å². The van der Waals surface area contributed by atoms with Crippen LogP contribution in [0.3, 0.4) is 0 Å². The minimum absolute atomic E-state index is 0.317. The smallest absolute Gasteiger partial charge is 0.231 e. The van der Waals surface area contributed by atoms with Crippen LogP contribution in [0.2, 0.25) is 0 Å². The van der Waals surface area contributed by atoms with Crippen molar-refractivity contribution in [2.24, 2.45) is 5.41 Å². The number of carbonyl (C=O) groups is 1. The first kappa shape index (κ1) is 20.2. The van der Waals surface area contributed by atoms with Crippen molar-refractivity contribution in [3.8, 4) is 11.5 Å². The van der Waals surface area contributed by atoms with Crippen LogP contribution in [-0.4, -0.2) is 37.1 Å². The van der Waals surface area contributed by atoms with Gasteiger partial charge in [0.1, 0.15) is 6.29 Å². The molecule has 0 N–H and O–H groups in total. The summed E-state index contributed by atoms with van der Waals surface area (Å²) >= 11 is 0. The number of nitrogens with zero attached hydrogens (tertiary/aromatic N) is 1. The monoisotopic (exact) mass is 373 g/mol. The van der Waals surface area contributed by atoms with Crippen LogP contribution < -0.4 is 9.47 Å². The van der Waals surface area contributed by atoms with Gasteiger partial charge in [0.25, 0.3) is 0 Å². The summed E-state index contributed by atoms with van der Waals surface area (Å²) in [5, 5.41) is 0. The van der Waals surface area contributed by atoms with E-state index >= 15 is 0 Å². The van der Waals surface area contributed by atoms with Crippen molar-refractivity contribution in [1.29, 1.82) is 0 Å². The molecule has 150 valence electrons. The van der Waals surface area contributed by atoms with Crippen molar-refractivity contribution >= 4 is 6.29 Å². The SMILES string of the molecule is CCCc1cc(C2C[C@H](CC(C)(C)CCC)N(CC=O)C2)cc2c1OCO2. The maximum Gasteiger partial charge on any atom is 0.231 e. The Morgan fingerprint density at radius 3 is 2.74 bits per heavy atom. The lowest BCUT2D eigenvalue weighted by Gasteiger charge is -2.31. The summed E-state index contributed by atoms with van der Waals surface area (Å²) in [5.74, 6) is 2.29. The molecular weight excluding hydrogens is 338 g/mol. The van der Waals surface area contributed by atoms with Crippen LogP contribution in [0.4, 0.5) is 0 Å². The summed E-state index contributed by atoms with van der Waals surface area (Å²) < 4.78 is 11.4. The molecule has 4 nitrogen and oxygen atoms in total. The van der Waals surface area contributed by atoms with E-state index in [1.807, 2.05) is 0 Å². The van der Waals surface area contributed by atoms with Crippen LogP contribution in [0.25, 0.3) is 0 Å². The molecule has 27 heavy (non-hydrogen) atoms. The highest BCUT2D eigenvalue weighted by atomic mass is 16.7. The van der Waals surface area contributed by atoms with Gasteiger partial charge in [0.15, 0.2) is 11.5 Å². The summed E-state index contributed by atoms with van der Waals surface area (Å²) in [4.78, 5) is 13.6. The molecule has 1 aromatic carbocycles. The van der Waals surface area contributed by atoms with E-state index in [0.29, 0.717) is 30.7 Å². The lowest BCUT2D eigenvalue weighted by atomic mass is 9.80. The topological polar surface area (TPSA) is 38.8 Å². The summed E-state index contributed by atoms with van der Waals surface area (Å²) in [6.45, 7) is 11.0. The number of likely N-dealkylation sites (tertiary alicyclic amines) is 1. The molecule has 1 saturated heterocycles. The van der Waals surface area contributed by atoms with Crippen LogP contribution in [0.15, 0.2) is 12.1 Å². The number of rotatable bonds is 9. The predicted molar refractivity (Wildman–Crippen MR) is 109 cm³/mol. The molecule has 0 aromatic heterocycles. The second-order valence-electron chi connectivity index (χ2n) is 8.99. The first-order valence-corrected chi connectivity index (χ1v) is 10.6. The number of aryl methyl sites for hydroxylation is 1. The van der Waals surface area contributed by atoms with Crippen molar-refractivity contribution in [2.45, 2.75) is 78.2 Å². The third kappa shape index (κ3) is 4.66. The number of aldehydes is 1. The zero-order valence-electron chi connectivity index (χ0n) is 17.4. The molecular formula is C23H35NO3. The quantitative estimate of drug-likeness (QED) is 0.575. The molecule has 4 heteroatoms. The predicted octanol–water partition coefficient (Wildman–Crippen LogP) is 4.94. The Kier molecular flexibility index (Phi) is 6.46. The van der Waals surface area contributed by atoms with E-state index in [1.54, 1.807) is 0 Å². The van der Waals surface area contributed by atoms with Crippen molar-refractivity contribution in [2.75, 3.05) is 19.9 Å². The number of hydrogen-bond donors (Lipinski definition) is 0. The maximum absolute atomic E-state index is 11.3. The van der Waals surface area contributed by atoms with Gasteiger partial charge in [-0.2, -0.15) is 0 Å². The summed E-state index contributed by atoms with van der Waals surface area (Å²) in [6.07, 6.45) is 7.87. The van der Waals surface area contributed by atoms with Gasteiger partial charge in [-0.3, -0.25) is 4.90 Å². The van der Waals surface area contributed by atoms with Gasteiger partial charge in [-0.15, -0.1) is 0 Å². The van der Waals surface area contributed by atoms with Crippen LogP contribution in [-0.2, 0) is 11.2 Å². The highest BCUT2D eigenvalue weighted by Gasteiger charge is 2.36. The summed E-state index contributed by atoms with van der Waals surface area (Å²) in [6, 6.07) is 4.97. The van der Waals surface area contributed by atoms with E-state index in [-0.39, 0.29) is 0 Å². The number of carbonyl (C=O) groups excluding carboxylic acids is 1. The molecule has 0 radical (unpaired) electrons. The second-order valence-corrected chi connectivity index (χ2v) is 8.99. The van der Waals surface area contributed by atoms with Gasteiger partial charge in [0, 0.05) is 12.6 Å². The average molecular weight is 374 g/mol. The lowest BCUT2D eigenvalue weighted by Crippen LogP contribution is -2.34. The Balaban J connectivity index is 1.81. The molecule has 0 saturated carbocycles. The van der Waals surface area contributed by atoms with E-state index in [0.717, 1.165) is 50.0 Å². The minimum atomic E-state index is 0.317. The largest absolute Gasteiger partial charge is 0.454 e. The highest BCUT2D eigenvalue weighted by molar-refractivity contribution is 5.53. The van der Waals surface area contributed by atoms with Gasteiger partial charge >= 0.3 is 0 Å². The first-order chi connectivity index (χ1) is 13.0. The zero-order valence-corrected chi connectivity index (χ0v) is 17.4. The Bertz CT molecular complexity index is 655. The van der Waals surface area contributed by atoms with Crippen molar-refractivity contribution in [3.63, 3.8) is 0 Å². The van der Waals surface area contributed by atoms with Gasteiger partial charge < -0.3 is 14.3 Å². The molecule has 0 aliphatic carbocycles. The summed E-state index contributed by atoms with van der Waals surface area (Å²) in [5.41, 5.74) is 2.92. The second kappa shape index (κ2) is 8.64. The molecule has 2 aliphatic heterocycles. The van der Waals surface area contributed by atoms with Gasteiger partial charge in [-0.25, -0.2) is 0 Å². The fourth-order valence-electron chi connectivity index (χ4n) is 4.97. The molecule has 0 amide bonds. The molecule has 0 spiro atoms. The Hall–Kier alpha value is -1.55. The molecule has 1 aromatic rings. The third-order valence-electron chi connectivity index (χ3n) is 6.11. The summed E-state index contributed by atoms with van der Waals surface area (Å²) in [7, 11) is 0. The number of hydrogen-bond acceptors (Lipinski definition) is 4. The lowest BCUT2D eigenvalue weighted by molar-refractivity contribution is -0.109. The van der Waals surface area contributed by atoms with Crippen molar-refractivity contribution < 1.29 is 14.3 Å².